The highest BCUT2D eigenvalue weighted by molar-refractivity contribution is 7.90. The van der Waals surface area contributed by atoms with Crippen LogP contribution < -0.4 is 14.4 Å². The lowest BCUT2D eigenvalue weighted by atomic mass is 9.93. The monoisotopic (exact) mass is 741 g/mol. The van der Waals surface area contributed by atoms with Crippen LogP contribution in [-0.2, 0) is 10.0 Å². The molecule has 5 rings (SSSR count). The first-order valence-electron chi connectivity index (χ1n) is 16.1. The van der Waals surface area contributed by atoms with Crippen LogP contribution in [0.2, 0.25) is 5.15 Å². The maximum Gasteiger partial charge on any atom is 0.407 e. The second kappa shape index (κ2) is 14.6. The number of nitrogens with zero attached hydrogens (tertiary/aromatic N) is 6. The number of nitrogens with one attached hydrogen (secondary N) is 1. The summed E-state index contributed by atoms with van der Waals surface area (Å²) in [5.74, 6) is -1.51. The largest absolute Gasteiger partial charge is 0.477 e. The third kappa shape index (κ3) is 8.96. The minimum atomic E-state index is -4.31. The number of halogens is 4. The van der Waals surface area contributed by atoms with Crippen molar-refractivity contribution in [2.24, 2.45) is 17.8 Å². The summed E-state index contributed by atoms with van der Waals surface area (Å²) in [6.07, 6.45) is 1.41. The Labute approximate surface area is 292 Å². The predicted octanol–water partition coefficient (Wildman–Crippen LogP) is 5.79. The highest BCUT2D eigenvalue weighted by Gasteiger charge is 2.55. The SMILES string of the molecule is CN(CCCCC1CN(C(=O)O)C(C)(C)C1)c1ccc(S(=O)(=O)NC(=O)c2ccc(-n3ccc(OCCC4CC4C(F)(F)F)n3)nc2Cl)cn1. The van der Waals surface area contributed by atoms with Gasteiger partial charge in [-0.05, 0) is 82.1 Å². The molecule has 0 spiro atoms. The van der Waals surface area contributed by atoms with E-state index in [1.54, 1.807) is 6.07 Å². The van der Waals surface area contributed by atoms with Gasteiger partial charge in [0.05, 0.1) is 18.1 Å². The molecule has 2 amide bonds. The first-order chi connectivity index (χ1) is 23.4. The lowest BCUT2D eigenvalue weighted by Crippen LogP contribution is -2.41. The third-order valence-electron chi connectivity index (χ3n) is 9.16. The molecule has 3 atom stereocenters. The Kier molecular flexibility index (Phi) is 10.9. The fourth-order valence-corrected chi connectivity index (χ4v) is 7.47. The molecule has 2 fully saturated rings. The Morgan fingerprint density at radius 3 is 2.54 bits per heavy atom. The molecule has 3 aromatic rings. The molecule has 272 valence electrons. The van der Waals surface area contributed by atoms with Crippen LogP contribution in [0.25, 0.3) is 5.82 Å². The Hall–Kier alpha value is -4.12. The van der Waals surface area contributed by atoms with E-state index in [2.05, 4.69) is 15.1 Å². The van der Waals surface area contributed by atoms with Crippen molar-refractivity contribution >= 4 is 39.4 Å². The van der Waals surface area contributed by atoms with E-state index in [1.165, 1.54) is 40.0 Å². The number of amides is 2. The average Bonchev–Trinajstić information content (AvgIpc) is 3.56. The van der Waals surface area contributed by atoms with E-state index in [-0.39, 0.29) is 52.3 Å². The van der Waals surface area contributed by atoms with Gasteiger partial charge in [0.1, 0.15) is 15.9 Å². The second-order valence-corrected chi connectivity index (χ2v) is 15.4. The van der Waals surface area contributed by atoms with Crippen LogP contribution in [0.15, 0.2) is 47.6 Å². The van der Waals surface area contributed by atoms with Gasteiger partial charge in [0, 0.05) is 44.1 Å². The van der Waals surface area contributed by atoms with Crippen LogP contribution in [-0.4, -0.2) is 88.6 Å². The Morgan fingerprint density at radius 1 is 1.16 bits per heavy atom. The van der Waals surface area contributed by atoms with Crippen molar-refractivity contribution in [2.75, 3.05) is 31.6 Å². The molecule has 0 aromatic carbocycles. The molecular weight excluding hydrogens is 703 g/mol. The minimum absolute atomic E-state index is 0.0715. The highest BCUT2D eigenvalue weighted by Crippen LogP contribution is 2.51. The summed E-state index contributed by atoms with van der Waals surface area (Å²) in [5.41, 5.74) is -0.571. The van der Waals surface area contributed by atoms with Crippen molar-refractivity contribution in [3.8, 4) is 11.7 Å². The standard InChI is InChI=1S/C32H39ClF3N7O6S/c1-31(2)17-20(19-42(31)30(45)46)6-4-5-13-41(3)25-9-7-22(18-37-25)50(47,48)40-29(44)23-8-10-26(38-28(23)33)43-14-11-27(39-43)49-15-12-21-16-24(21)32(34,35)36/h7-11,14,18,20-21,24H,4-6,12-13,15-17,19H2,1-3H3,(H,40,44)(H,45,46). The zero-order valence-corrected chi connectivity index (χ0v) is 29.3. The first-order valence-corrected chi connectivity index (χ1v) is 18.0. The maximum atomic E-state index is 13.0. The van der Waals surface area contributed by atoms with Crippen molar-refractivity contribution in [3.63, 3.8) is 0 Å². The van der Waals surface area contributed by atoms with Gasteiger partial charge in [-0.25, -0.2) is 32.6 Å². The summed E-state index contributed by atoms with van der Waals surface area (Å²) in [7, 11) is -2.47. The quantitative estimate of drug-likeness (QED) is 0.153. The molecule has 1 aliphatic carbocycles. The van der Waals surface area contributed by atoms with Gasteiger partial charge in [0.15, 0.2) is 5.82 Å². The van der Waals surface area contributed by atoms with Crippen LogP contribution in [0.4, 0.5) is 23.8 Å². The number of pyridine rings is 2. The van der Waals surface area contributed by atoms with Gasteiger partial charge in [0.2, 0.25) is 5.88 Å². The van der Waals surface area contributed by atoms with Crippen molar-refractivity contribution in [2.45, 2.75) is 69.0 Å². The van der Waals surface area contributed by atoms with Gasteiger partial charge in [0.25, 0.3) is 15.9 Å². The fourth-order valence-electron chi connectivity index (χ4n) is 6.32. The summed E-state index contributed by atoms with van der Waals surface area (Å²) in [6.45, 7) is 5.15. The molecule has 0 bridgehead atoms. The summed E-state index contributed by atoms with van der Waals surface area (Å²) in [5, 5.41) is 13.3. The number of carbonyl (C=O) groups excluding carboxylic acids is 1. The number of likely N-dealkylation sites (tertiary alicyclic amines) is 1. The van der Waals surface area contributed by atoms with Crippen LogP contribution in [0.3, 0.4) is 0 Å². The highest BCUT2D eigenvalue weighted by atomic mass is 35.5. The number of sulfonamides is 1. The Morgan fingerprint density at radius 2 is 1.92 bits per heavy atom. The van der Waals surface area contributed by atoms with Gasteiger partial charge in [-0.15, -0.1) is 5.10 Å². The number of carbonyl (C=O) groups is 2. The molecule has 2 N–H and O–H groups in total. The Balaban J connectivity index is 1.09. The molecule has 50 heavy (non-hydrogen) atoms. The van der Waals surface area contributed by atoms with Crippen LogP contribution >= 0.6 is 11.6 Å². The number of aromatic nitrogens is 4. The number of carboxylic acid groups (broad SMARTS) is 1. The molecule has 18 heteroatoms. The smallest absolute Gasteiger partial charge is 0.407 e. The van der Waals surface area contributed by atoms with Gasteiger partial charge >= 0.3 is 12.3 Å². The van der Waals surface area contributed by atoms with E-state index < -0.39 is 40.0 Å². The number of hydrogen-bond donors (Lipinski definition) is 2. The summed E-state index contributed by atoms with van der Waals surface area (Å²) < 4.78 is 72.8. The number of hydrogen-bond acceptors (Lipinski definition) is 9. The summed E-state index contributed by atoms with van der Waals surface area (Å²) in [4.78, 5) is 35.9. The molecule has 1 aliphatic heterocycles. The van der Waals surface area contributed by atoms with E-state index in [9.17, 15) is 36.3 Å². The molecule has 3 aromatic heterocycles. The second-order valence-electron chi connectivity index (χ2n) is 13.4. The number of anilines is 1. The van der Waals surface area contributed by atoms with Crippen LogP contribution in [0.1, 0.15) is 62.7 Å². The zero-order valence-electron chi connectivity index (χ0n) is 27.7. The third-order valence-corrected chi connectivity index (χ3v) is 10.8. The van der Waals surface area contributed by atoms with Crippen LogP contribution in [0, 0.1) is 17.8 Å². The number of unbranched alkanes of at least 4 members (excludes halogenated alkanes) is 1. The van der Waals surface area contributed by atoms with Crippen LogP contribution in [0.5, 0.6) is 5.88 Å². The normalized spacial score (nSPS) is 20.1. The van der Waals surface area contributed by atoms with E-state index in [4.69, 9.17) is 16.3 Å². The molecule has 4 heterocycles. The lowest BCUT2D eigenvalue weighted by molar-refractivity contribution is -0.151. The molecular formula is C32H39ClF3N7O6S. The summed E-state index contributed by atoms with van der Waals surface area (Å²) >= 11 is 6.23. The molecule has 13 nitrogen and oxygen atoms in total. The van der Waals surface area contributed by atoms with Crippen molar-refractivity contribution < 1.29 is 41.0 Å². The zero-order chi connectivity index (χ0) is 36.4. The van der Waals surface area contributed by atoms with E-state index in [1.807, 2.05) is 30.5 Å². The average molecular weight is 742 g/mol. The van der Waals surface area contributed by atoms with Crippen molar-refractivity contribution in [1.82, 2.24) is 29.4 Å². The van der Waals surface area contributed by atoms with Crippen molar-refractivity contribution in [1.29, 1.82) is 0 Å². The van der Waals surface area contributed by atoms with Gasteiger partial charge in [-0.2, -0.15) is 13.2 Å². The minimum Gasteiger partial charge on any atom is -0.477 e. The number of alkyl halides is 3. The molecule has 0 radical (unpaired) electrons. The lowest BCUT2D eigenvalue weighted by Gasteiger charge is -2.28. The van der Waals surface area contributed by atoms with Gasteiger partial charge in [-0.1, -0.05) is 18.0 Å². The first kappa shape index (κ1) is 37.1. The van der Waals surface area contributed by atoms with Gasteiger partial charge in [-0.3, -0.25) is 4.79 Å². The molecule has 3 unspecified atom stereocenters. The van der Waals surface area contributed by atoms with E-state index >= 15 is 0 Å². The topological polar surface area (TPSA) is 160 Å². The molecule has 2 aliphatic rings. The van der Waals surface area contributed by atoms with E-state index in [0.29, 0.717) is 24.8 Å². The van der Waals surface area contributed by atoms with E-state index in [0.717, 1.165) is 31.9 Å². The Bertz CT molecular complexity index is 1810. The summed E-state index contributed by atoms with van der Waals surface area (Å²) in [6, 6.07) is 7.07. The maximum absolute atomic E-state index is 13.0. The fraction of sp³-hybridized carbons (Fsp3) is 0.531. The molecule has 1 saturated carbocycles. The number of rotatable bonds is 14. The van der Waals surface area contributed by atoms with Crippen molar-refractivity contribution in [3.05, 3.63) is 53.4 Å². The number of ether oxygens (including phenoxy) is 1. The molecule has 1 saturated heterocycles. The predicted molar refractivity (Wildman–Crippen MR) is 177 cm³/mol. The van der Waals surface area contributed by atoms with Gasteiger partial charge < -0.3 is 19.6 Å².